The zero-order chi connectivity index (χ0) is 19.2. The molecule has 3 aromatic rings. The van der Waals surface area contributed by atoms with Gasteiger partial charge in [-0.2, -0.15) is 0 Å². The van der Waals surface area contributed by atoms with E-state index in [4.69, 9.17) is 9.47 Å². The number of rotatable bonds is 7. The first kappa shape index (κ1) is 18.6. The number of hydrogen-bond acceptors (Lipinski definition) is 4. The quantitative estimate of drug-likeness (QED) is 0.196. The molecule has 0 atom stereocenters. The molecule has 0 fully saturated rings. The number of carbonyl (C=O) groups excluding carboxylic acids is 2. The van der Waals surface area contributed by atoms with Crippen molar-refractivity contribution >= 4 is 33.5 Å². The molecule has 0 aromatic heterocycles. The number of ether oxygens (including phenoxy) is 2. The molecule has 0 saturated carbocycles. The summed E-state index contributed by atoms with van der Waals surface area (Å²) in [5, 5.41) is 4.52. The van der Waals surface area contributed by atoms with E-state index < -0.39 is 0 Å². The first-order valence-electron chi connectivity index (χ1n) is 9.00. The van der Waals surface area contributed by atoms with Gasteiger partial charge in [-0.3, -0.25) is 4.79 Å². The van der Waals surface area contributed by atoms with Crippen LogP contribution in [-0.4, -0.2) is 18.5 Å². The molecule has 0 spiro atoms. The lowest BCUT2D eigenvalue weighted by Crippen LogP contribution is -2.02. The molecule has 0 aliphatic carbocycles. The number of unbranched alkanes of at least 4 members (excludes halogenated alkanes) is 1. The van der Waals surface area contributed by atoms with Crippen molar-refractivity contribution in [3.8, 4) is 5.75 Å². The molecule has 0 aliphatic rings. The Bertz CT molecular complexity index is 1000. The Labute approximate surface area is 158 Å². The van der Waals surface area contributed by atoms with Crippen LogP contribution in [0.1, 0.15) is 25.3 Å². The maximum atomic E-state index is 11.1. The van der Waals surface area contributed by atoms with Gasteiger partial charge in [0.1, 0.15) is 5.75 Å². The third-order valence-electron chi connectivity index (χ3n) is 4.40. The maximum Gasteiger partial charge on any atom is 0.330 e. The van der Waals surface area contributed by atoms with E-state index in [-0.39, 0.29) is 11.9 Å². The van der Waals surface area contributed by atoms with E-state index in [1.54, 1.807) is 0 Å². The van der Waals surface area contributed by atoms with Crippen molar-refractivity contribution in [2.75, 3.05) is 6.61 Å². The van der Waals surface area contributed by atoms with Crippen molar-refractivity contribution in [2.24, 2.45) is 0 Å². The molecule has 27 heavy (non-hydrogen) atoms. The van der Waals surface area contributed by atoms with Gasteiger partial charge in [0, 0.05) is 13.0 Å². The molecule has 0 aliphatic heterocycles. The summed E-state index contributed by atoms with van der Waals surface area (Å²) < 4.78 is 10.2. The maximum absolute atomic E-state index is 11.1. The lowest BCUT2D eigenvalue weighted by molar-refractivity contribution is -0.138. The van der Waals surface area contributed by atoms with E-state index in [1.807, 2.05) is 24.3 Å². The molecule has 0 N–H and O–H groups in total. The topological polar surface area (TPSA) is 52.6 Å². The second-order valence-electron chi connectivity index (χ2n) is 6.43. The lowest BCUT2D eigenvalue weighted by atomic mass is 9.98. The summed E-state index contributed by atoms with van der Waals surface area (Å²) in [7, 11) is 0. The fourth-order valence-corrected chi connectivity index (χ4v) is 3.15. The summed E-state index contributed by atoms with van der Waals surface area (Å²) in [6.07, 6.45) is 3.90. The summed E-state index contributed by atoms with van der Waals surface area (Å²) in [6.45, 7) is 5.20. The zero-order valence-corrected chi connectivity index (χ0v) is 15.4. The van der Waals surface area contributed by atoms with Crippen LogP contribution in [0.25, 0.3) is 21.5 Å². The largest absolute Gasteiger partial charge is 0.463 e. The second kappa shape index (κ2) is 8.49. The SMILES string of the molecule is C=CC(=O)OCCCCc1ccc2c(ccc3cc(OC(C)=O)ccc32)c1. The van der Waals surface area contributed by atoms with Crippen LogP contribution in [-0.2, 0) is 20.7 Å². The van der Waals surface area contributed by atoms with Crippen LogP contribution in [0.4, 0.5) is 0 Å². The summed E-state index contributed by atoms with van der Waals surface area (Å²) in [5.74, 6) is -0.133. The predicted octanol–water partition coefficient (Wildman–Crippen LogP) is 4.97. The highest BCUT2D eigenvalue weighted by molar-refractivity contribution is 6.08. The van der Waals surface area contributed by atoms with Crippen LogP contribution in [0.5, 0.6) is 5.75 Å². The van der Waals surface area contributed by atoms with Crippen molar-refractivity contribution in [1.82, 2.24) is 0 Å². The summed E-state index contributed by atoms with van der Waals surface area (Å²) >= 11 is 0. The van der Waals surface area contributed by atoms with Crippen LogP contribution in [0.2, 0.25) is 0 Å². The Morgan fingerprint density at radius 2 is 1.67 bits per heavy atom. The number of esters is 2. The van der Waals surface area contributed by atoms with E-state index in [2.05, 4.69) is 30.8 Å². The van der Waals surface area contributed by atoms with Crippen molar-refractivity contribution < 1.29 is 19.1 Å². The van der Waals surface area contributed by atoms with Crippen LogP contribution in [0.3, 0.4) is 0 Å². The molecule has 3 aromatic carbocycles. The van der Waals surface area contributed by atoms with Gasteiger partial charge >= 0.3 is 11.9 Å². The molecule has 3 rings (SSSR count). The van der Waals surface area contributed by atoms with E-state index in [1.165, 1.54) is 29.3 Å². The van der Waals surface area contributed by atoms with Gasteiger partial charge < -0.3 is 9.47 Å². The molecule has 4 heteroatoms. The third-order valence-corrected chi connectivity index (χ3v) is 4.40. The molecular formula is C23H22O4. The molecule has 0 heterocycles. The Morgan fingerprint density at radius 1 is 0.963 bits per heavy atom. The minimum atomic E-state index is -0.371. The molecule has 0 bridgehead atoms. The highest BCUT2D eigenvalue weighted by Crippen LogP contribution is 2.29. The molecule has 0 saturated heterocycles. The lowest BCUT2D eigenvalue weighted by Gasteiger charge is -2.09. The van der Waals surface area contributed by atoms with Gasteiger partial charge in [-0.15, -0.1) is 0 Å². The Morgan fingerprint density at radius 3 is 2.37 bits per heavy atom. The molecule has 138 valence electrons. The van der Waals surface area contributed by atoms with Gasteiger partial charge in [0.25, 0.3) is 0 Å². The number of carbonyl (C=O) groups is 2. The standard InChI is InChI=1S/C23H22O4/c1-3-23(25)26-13-5-4-6-17-7-11-21-18(14-17)8-9-19-15-20(27-16(2)24)10-12-22(19)21/h3,7-12,14-15H,1,4-6,13H2,2H3. The third kappa shape index (κ3) is 4.73. The zero-order valence-electron chi connectivity index (χ0n) is 15.4. The summed E-state index contributed by atoms with van der Waals surface area (Å²) in [6, 6.07) is 16.3. The van der Waals surface area contributed by atoms with Crippen molar-refractivity contribution in [1.29, 1.82) is 0 Å². The second-order valence-corrected chi connectivity index (χ2v) is 6.43. The van der Waals surface area contributed by atoms with Crippen molar-refractivity contribution in [3.63, 3.8) is 0 Å². The highest BCUT2D eigenvalue weighted by Gasteiger charge is 2.05. The normalized spacial score (nSPS) is 10.7. The number of aryl methyl sites for hydroxylation is 1. The predicted molar refractivity (Wildman–Crippen MR) is 107 cm³/mol. The van der Waals surface area contributed by atoms with Gasteiger partial charge in [0.15, 0.2) is 0 Å². The highest BCUT2D eigenvalue weighted by atomic mass is 16.5. The van der Waals surface area contributed by atoms with Gasteiger partial charge in [-0.25, -0.2) is 4.79 Å². The average Bonchev–Trinajstić information content (AvgIpc) is 2.66. The number of fused-ring (bicyclic) bond motifs is 3. The van der Waals surface area contributed by atoms with Gasteiger partial charge in [-0.1, -0.05) is 43.0 Å². The van der Waals surface area contributed by atoms with Crippen LogP contribution < -0.4 is 4.74 Å². The van der Waals surface area contributed by atoms with Gasteiger partial charge in [0.2, 0.25) is 0 Å². The van der Waals surface area contributed by atoms with Gasteiger partial charge in [0.05, 0.1) is 6.61 Å². The Kier molecular flexibility index (Phi) is 5.87. The molecule has 4 nitrogen and oxygen atoms in total. The molecular weight excluding hydrogens is 340 g/mol. The van der Waals surface area contributed by atoms with Crippen molar-refractivity contribution in [2.45, 2.75) is 26.2 Å². The van der Waals surface area contributed by atoms with Crippen LogP contribution in [0, 0.1) is 0 Å². The molecule has 0 amide bonds. The van der Waals surface area contributed by atoms with Crippen molar-refractivity contribution in [3.05, 3.63) is 66.7 Å². The summed E-state index contributed by atoms with van der Waals surface area (Å²) in [5.41, 5.74) is 1.26. The van der Waals surface area contributed by atoms with E-state index in [9.17, 15) is 9.59 Å². The fraction of sp³-hybridized carbons (Fsp3) is 0.217. The molecule has 0 unspecified atom stereocenters. The first-order chi connectivity index (χ1) is 13.1. The van der Waals surface area contributed by atoms with Crippen LogP contribution >= 0.6 is 0 Å². The van der Waals surface area contributed by atoms with Crippen LogP contribution in [0.15, 0.2) is 61.2 Å². The minimum absolute atomic E-state index is 0.320. The number of benzene rings is 3. The average molecular weight is 362 g/mol. The Balaban J connectivity index is 1.72. The number of hydrogen-bond donors (Lipinski definition) is 0. The minimum Gasteiger partial charge on any atom is -0.463 e. The summed E-state index contributed by atoms with van der Waals surface area (Å²) in [4.78, 5) is 22.1. The fourth-order valence-electron chi connectivity index (χ4n) is 3.15. The van der Waals surface area contributed by atoms with E-state index in [0.29, 0.717) is 12.4 Å². The Hall–Kier alpha value is -3.14. The van der Waals surface area contributed by atoms with Gasteiger partial charge in [-0.05, 0) is 58.5 Å². The first-order valence-corrected chi connectivity index (χ1v) is 9.00. The smallest absolute Gasteiger partial charge is 0.330 e. The van der Waals surface area contributed by atoms with E-state index >= 15 is 0 Å². The molecule has 0 radical (unpaired) electrons. The monoisotopic (exact) mass is 362 g/mol. The van der Waals surface area contributed by atoms with E-state index in [0.717, 1.165) is 30.0 Å².